The Morgan fingerprint density at radius 3 is 1.21 bits per heavy atom. The van der Waals surface area contributed by atoms with Gasteiger partial charge >= 0.3 is 0 Å². The molecule has 2 N–H and O–H groups in total. The van der Waals surface area contributed by atoms with E-state index in [2.05, 4.69) is 56.7 Å². The van der Waals surface area contributed by atoms with Crippen molar-refractivity contribution in [2.45, 2.75) is 116 Å². The molecule has 6 amide bonds. The summed E-state index contributed by atoms with van der Waals surface area (Å²) in [5.74, 6) is -2.00. The summed E-state index contributed by atoms with van der Waals surface area (Å²) in [5, 5.41) is 6.66. The van der Waals surface area contributed by atoms with E-state index in [1.807, 2.05) is 0 Å². The van der Waals surface area contributed by atoms with E-state index in [9.17, 15) is 28.8 Å². The molecular formula is C48H56Br2N6O6. The number of nitrogens with one attached hydrogen (secondary N) is 2. The third-order valence-electron chi connectivity index (χ3n) is 12.7. The molecule has 0 saturated heterocycles. The molecule has 12 nitrogen and oxygen atoms in total. The number of pyridine rings is 2. The van der Waals surface area contributed by atoms with Gasteiger partial charge in [-0.05, 0) is 112 Å². The van der Waals surface area contributed by atoms with Gasteiger partial charge in [-0.3, -0.25) is 38.6 Å². The van der Waals surface area contributed by atoms with Crippen LogP contribution in [-0.4, -0.2) is 71.4 Å². The molecular weight excluding hydrogens is 916 g/mol. The SMILES string of the molecule is O=C(CCCCN1C(=O)c2ccc3c4c(ccc(c24)C1=O)C(=O)N(CCCCC(=O)NCCC[n+]1ccc2c(c1)CCCC2)C3=O)NCCC[n+]1ccc2c(c1)CCCC2.[Br-].[Br-]. The number of carbonyl (C=O) groups is 6. The highest BCUT2D eigenvalue weighted by molar-refractivity contribution is 6.33. The summed E-state index contributed by atoms with van der Waals surface area (Å²) in [6.45, 7) is 3.14. The number of benzene rings is 2. The van der Waals surface area contributed by atoms with E-state index in [1.165, 1.54) is 57.7 Å². The van der Waals surface area contributed by atoms with Crippen molar-refractivity contribution in [1.29, 1.82) is 0 Å². The molecule has 2 aliphatic heterocycles. The number of fused-ring (bicyclic) bond motifs is 2. The number of hydrogen-bond acceptors (Lipinski definition) is 6. The number of rotatable bonds is 18. The van der Waals surface area contributed by atoms with E-state index in [4.69, 9.17) is 0 Å². The Hall–Kier alpha value is -4.82. The lowest BCUT2D eigenvalue weighted by atomic mass is 9.86. The highest BCUT2D eigenvalue weighted by atomic mass is 79.9. The molecule has 8 rings (SSSR count). The molecule has 2 aromatic carbocycles. The Balaban J connectivity index is 0.00000321. The zero-order chi connectivity index (χ0) is 41.6. The third kappa shape index (κ3) is 10.3. The third-order valence-corrected chi connectivity index (χ3v) is 12.7. The second-order valence-corrected chi connectivity index (χ2v) is 16.8. The van der Waals surface area contributed by atoms with Crippen molar-refractivity contribution in [3.05, 3.63) is 106 Å². The predicted molar refractivity (Wildman–Crippen MR) is 224 cm³/mol. The van der Waals surface area contributed by atoms with E-state index >= 15 is 0 Å². The Bertz CT molecular complexity index is 2140. The molecule has 0 bridgehead atoms. The predicted octanol–water partition coefficient (Wildman–Crippen LogP) is -0.874. The van der Waals surface area contributed by atoms with Crippen LogP contribution in [0.2, 0.25) is 0 Å². The van der Waals surface area contributed by atoms with Crippen LogP contribution in [0.5, 0.6) is 0 Å². The summed E-state index contributed by atoms with van der Waals surface area (Å²) in [7, 11) is 0. The first-order valence-electron chi connectivity index (χ1n) is 22.1. The molecule has 0 spiro atoms. The Kier molecular flexibility index (Phi) is 16.2. The zero-order valence-corrected chi connectivity index (χ0v) is 38.5. The monoisotopic (exact) mass is 970 g/mol. The number of carbonyl (C=O) groups excluding carboxylic acids is 6. The molecule has 0 unspecified atom stereocenters. The first kappa shape index (κ1) is 46.7. The number of hydrogen-bond donors (Lipinski definition) is 2. The second kappa shape index (κ2) is 21.5. The molecule has 328 valence electrons. The fraction of sp³-hybridized carbons (Fsp3) is 0.458. The molecule has 0 atom stereocenters. The van der Waals surface area contributed by atoms with Gasteiger partial charge < -0.3 is 44.6 Å². The number of aromatic nitrogens is 2. The summed E-state index contributed by atoms with van der Waals surface area (Å²) in [6.07, 6.45) is 22.5. The first-order valence-corrected chi connectivity index (χ1v) is 22.1. The number of nitrogens with zero attached hydrogens (tertiary/aromatic N) is 4. The average molecular weight is 973 g/mol. The van der Waals surface area contributed by atoms with E-state index in [1.54, 1.807) is 24.3 Å². The van der Waals surface area contributed by atoms with Gasteiger partial charge in [-0.25, -0.2) is 9.13 Å². The molecule has 4 heterocycles. The van der Waals surface area contributed by atoms with Crippen molar-refractivity contribution in [2.24, 2.45) is 0 Å². The van der Waals surface area contributed by atoms with Gasteiger partial charge in [0.1, 0.15) is 13.1 Å². The number of amides is 6. The van der Waals surface area contributed by atoms with Gasteiger partial charge in [-0.2, -0.15) is 0 Å². The van der Waals surface area contributed by atoms with Gasteiger partial charge in [0, 0.05) is 108 Å². The Morgan fingerprint density at radius 2 is 0.839 bits per heavy atom. The summed E-state index contributed by atoms with van der Waals surface area (Å²) in [6, 6.07) is 10.7. The first-order chi connectivity index (χ1) is 29.3. The van der Waals surface area contributed by atoms with Crippen LogP contribution < -0.4 is 53.7 Å². The van der Waals surface area contributed by atoms with Crippen LogP contribution in [0.15, 0.2) is 61.2 Å². The largest absolute Gasteiger partial charge is 1.00 e. The summed E-state index contributed by atoms with van der Waals surface area (Å²) < 4.78 is 4.40. The van der Waals surface area contributed by atoms with Gasteiger partial charge in [0.15, 0.2) is 24.8 Å². The number of unbranched alkanes of at least 4 members (excludes halogenated alkanes) is 2. The van der Waals surface area contributed by atoms with Crippen molar-refractivity contribution in [3.8, 4) is 0 Å². The quantitative estimate of drug-likeness (QED) is 0.0756. The van der Waals surface area contributed by atoms with Gasteiger partial charge in [0.2, 0.25) is 11.8 Å². The molecule has 62 heavy (non-hydrogen) atoms. The highest BCUT2D eigenvalue weighted by Crippen LogP contribution is 2.38. The molecule has 0 saturated carbocycles. The van der Waals surface area contributed by atoms with Crippen molar-refractivity contribution >= 4 is 46.2 Å². The van der Waals surface area contributed by atoms with Gasteiger partial charge in [0.05, 0.1) is 0 Å². The van der Waals surface area contributed by atoms with Crippen LogP contribution in [0.4, 0.5) is 0 Å². The molecule has 0 fully saturated rings. The average Bonchev–Trinajstić information content (AvgIpc) is 3.27. The molecule has 14 heteroatoms. The number of imide groups is 2. The lowest BCUT2D eigenvalue weighted by Gasteiger charge is -2.32. The normalized spacial score (nSPS) is 15.1. The maximum absolute atomic E-state index is 13.7. The van der Waals surface area contributed by atoms with Gasteiger partial charge in [-0.1, -0.05) is 0 Å². The van der Waals surface area contributed by atoms with Crippen molar-refractivity contribution < 1.29 is 71.9 Å². The van der Waals surface area contributed by atoms with E-state index < -0.39 is 23.6 Å². The van der Waals surface area contributed by atoms with Crippen LogP contribution in [0.1, 0.15) is 141 Å². The molecule has 2 aromatic heterocycles. The maximum Gasteiger partial charge on any atom is 0.261 e. The van der Waals surface area contributed by atoms with Gasteiger partial charge in [-0.15, -0.1) is 0 Å². The maximum atomic E-state index is 13.7. The number of halogens is 2. The number of aryl methyl sites for hydroxylation is 6. The smallest absolute Gasteiger partial charge is 0.261 e. The topological polar surface area (TPSA) is 141 Å². The fourth-order valence-corrected chi connectivity index (χ4v) is 9.36. The summed E-state index contributed by atoms with van der Waals surface area (Å²) in [4.78, 5) is 82.3. The van der Waals surface area contributed by atoms with E-state index in [0.717, 1.165) is 51.6 Å². The van der Waals surface area contributed by atoms with Crippen LogP contribution in [-0.2, 0) is 48.4 Å². The van der Waals surface area contributed by atoms with Crippen LogP contribution >= 0.6 is 0 Å². The van der Waals surface area contributed by atoms with Crippen molar-refractivity contribution in [3.63, 3.8) is 0 Å². The highest BCUT2D eigenvalue weighted by Gasteiger charge is 2.39. The minimum absolute atomic E-state index is 0. The van der Waals surface area contributed by atoms with E-state index in [-0.39, 0.29) is 81.1 Å². The molecule has 2 aliphatic carbocycles. The van der Waals surface area contributed by atoms with Crippen LogP contribution in [0, 0.1) is 0 Å². The molecule has 4 aliphatic rings. The standard InChI is InChI=1S/C48H54N6O6.2BrH/c55-41(49-23-9-25-51-29-21-33-11-1-3-13-35(33)31-51)15-5-7-27-53-45(57)37-17-19-39-44-40(20-18-38(43(37)44)46(53)58)48(60)54(47(39)59)28-8-6-16-42(56)50-24-10-26-52-30-22-34-12-2-4-14-36(34)32-52;;/h17-22,29-32H,1-16,23-28H2;2*1H. The summed E-state index contributed by atoms with van der Waals surface area (Å²) >= 11 is 0. The van der Waals surface area contributed by atoms with Crippen molar-refractivity contribution in [1.82, 2.24) is 20.4 Å². The lowest BCUT2D eigenvalue weighted by Crippen LogP contribution is -3.00. The van der Waals surface area contributed by atoms with Crippen LogP contribution in [0.25, 0.3) is 10.8 Å². The molecule has 4 aromatic rings. The van der Waals surface area contributed by atoms with Crippen molar-refractivity contribution in [2.75, 3.05) is 26.2 Å². The minimum Gasteiger partial charge on any atom is -1.00 e. The van der Waals surface area contributed by atoms with Gasteiger partial charge in [0.25, 0.3) is 23.6 Å². The summed E-state index contributed by atoms with van der Waals surface area (Å²) in [5.41, 5.74) is 6.88. The van der Waals surface area contributed by atoms with Crippen LogP contribution in [0.3, 0.4) is 0 Å². The minimum atomic E-state index is -0.474. The van der Waals surface area contributed by atoms with E-state index in [0.29, 0.717) is 62.4 Å². The Morgan fingerprint density at radius 1 is 0.484 bits per heavy atom. The second-order valence-electron chi connectivity index (χ2n) is 16.8. The fourth-order valence-electron chi connectivity index (χ4n) is 9.36. The lowest BCUT2D eigenvalue weighted by molar-refractivity contribution is -0.697. The molecule has 0 radical (unpaired) electrons. The Labute approximate surface area is 384 Å². The zero-order valence-electron chi connectivity index (χ0n) is 35.3.